The normalized spacial score (nSPS) is 12.3. The van der Waals surface area contributed by atoms with E-state index in [9.17, 15) is 18.8 Å². The van der Waals surface area contributed by atoms with E-state index in [1.54, 1.807) is 67.6 Å². The highest BCUT2D eigenvalue weighted by atomic mass is 19.1. The fourth-order valence-electron chi connectivity index (χ4n) is 3.01. The van der Waals surface area contributed by atoms with Crippen molar-refractivity contribution in [3.8, 4) is 0 Å². The maximum Gasteiger partial charge on any atom is 0.334 e. The van der Waals surface area contributed by atoms with E-state index in [1.807, 2.05) is 0 Å². The second-order valence-electron chi connectivity index (χ2n) is 7.01. The molecule has 0 fully saturated rings. The number of hydrogen-bond donors (Lipinski definition) is 2. The number of carbonyl (C=O) groups is 3. The van der Waals surface area contributed by atoms with E-state index in [2.05, 4.69) is 10.6 Å². The molecular formula is C25H23FN2O4. The van der Waals surface area contributed by atoms with E-state index in [0.717, 1.165) is 0 Å². The van der Waals surface area contributed by atoms with E-state index in [1.165, 1.54) is 24.3 Å². The van der Waals surface area contributed by atoms with Gasteiger partial charge in [-0.15, -0.1) is 0 Å². The summed E-state index contributed by atoms with van der Waals surface area (Å²) in [6.07, 6.45) is -0.875. The van der Waals surface area contributed by atoms with Crippen molar-refractivity contribution in [3.63, 3.8) is 0 Å². The van der Waals surface area contributed by atoms with Crippen LogP contribution in [0.1, 0.15) is 35.3 Å². The monoisotopic (exact) mass is 434 g/mol. The van der Waals surface area contributed by atoms with Crippen molar-refractivity contribution in [1.82, 2.24) is 5.32 Å². The Bertz CT molecular complexity index is 1060. The minimum absolute atomic E-state index is 0.215. The Morgan fingerprint density at radius 3 is 2.06 bits per heavy atom. The third-order valence-corrected chi connectivity index (χ3v) is 4.71. The standard InChI is InChI=1S/C25H23FN2O4/c1-2-21(24(30)27-20-15-13-19(26)14-16-20)32-25(31)22(17-9-5-3-6-10-17)28-23(29)18-11-7-4-8-12-18/h3-16,21-22H,2H2,1H3,(H,27,30)(H,28,29)/t21-,22+/m1/s1. The molecule has 3 aromatic rings. The van der Waals surface area contributed by atoms with Gasteiger partial charge < -0.3 is 15.4 Å². The van der Waals surface area contributed by atoms with Gasteiger partial charge in [0.05, 0.1) is 0 Å². The average Bonchev–Trinajstić information content (AvgIpc) is 2.83. The van der Waals surface area contributed by atoms with Crippen LogP contribution in [-0.4, -0.2) is 23.9 Å². The summed E-state index contributed by atoms with van der Waals surface area (Å²) in [5.41, 5.74) is 1.29. The molecule has 0 aliphatic rings. The summed E-state index contributed by atoms with van der Waals surface area (Å²) in [4.78, 5) is 38.3. The van der Waals surface area contributed by atoms with Gasteiger partial charge in [0, 0.05) is 11.3 Å². The number of anilines is 1. The molecule has 7 heteroatoms. The zero-order valence-corrected chi connectivity index (χ0v) is 17.5. The SMILES string of the molecule is CC[C@@H](OC(=O)[C@@H](NC(=O)c1ccccc1)c1ccccc1)C(=O)Nc1ccc(F)cc1. The van der Waals surface area contributed by atoms with Crippen LogP contribution in [-0.2, 0) is 14.3 Å². The summed E-state index contributed by atoms with van der Waals surface area (Å²) >= 11 is 0. The number of amides is 2. The molecule has 0 radical (unpaired) electrons. The minimum Gasteiger partial charge on any atom is -0.450 e. The molecule has 3 rings (SSSR count). The summed E-state index contributed by atoms with van der Waals surface area (Å²) in [6, 6.07) is 21.3. The molecule has 2 N–H and O–H groups in total. The molecule has 0 bridgehead atoms. The predicted octanol–water partition coefficient (Wildman–Crippen LogP) is 4.26. The first-order valence-corrected chi connectivity index (χ1v) is 10.2. The smallest absolute Gasteiger partial charge is 0.334 e. The molecule has 0 unspecified atom stereocenters. The van der Waals surface area contributed by atoms with Crippen LogP contribution in [0.4, 0.5) is 10.1 Å². The highest BCUT2D eigenvalue weighted by Crippen LogP contribution is 2.18. The van der Waals surface area contributed by atoms with E-state index < -0.39 is 35.7 Å². The molecule has 2 atom stereocenters. The molecular weight excluding hydrogens is 411 g/mol. The summed E-state index contributed by atoms with van der Waals surface area (Å²) in [5.74, 6) is -2.18. The van der Waals surface area contributed by atoms with Crippen molar-refractivity contribution >= 4 is 23.5 Å². The van der Waals surface area contributed by atoms with Gasteiger partial charge in [-0.3, -0.25) is 9.59 Å². The number of esters is 1. The van der Waals surface area contributed by atoms with Crippen LogP contribution in [0.5, 0.6) is 0 Å². The lowest BCUT2D eigenvalue weighted by Crippen LogP contribution is -2.39. The first kappa shape index (κ1) is 22.7. The summed E-state index contributed by atoms with van der Waals surface area (Å²) < 4.78 is 18.6. The molecule has 0 spiro atoms. The van der Waals surface area contributed by atoms with Crippen LogP contribution in [0.25, 0.3) is 0 Å². The molecule has 0 aliphatic carbocycles. The van der Waals surface area contributed by atoms with Crippen LogP contribution in [0.15, 0.2) is 84.9 Å². The van der Waals surface area contributed by atoms with Gasteiger partial charge in [0.2, 0.25) is 0 Å². The Labute approximate surface area is 185 Å². The van der Waals surface area contributed by atoms with Crippen LogP contribution in [0.2, 0.25) is 0 Å². The second-order valence-corrected chi connectivity index (χ2v) is 7.01. The van der Waals surface area contributed by atoms with Gasteiger partial charge in [0.25, 0.3) is 11.8 Å². The van der Waals surface area contributed by atoms with Gasteiger partial charge in [-0.25, -0.2) is 9.18 Å². The zero-order valence-electron chi connectivity index (χ0n) is 17.5. The fraction of sp³-hybridized carbons (Fsp3) is 0.160. The van der Waals surface area contributed by atoms with Gasteiger partial charge in [-0.2, -0.15) is 0 Å². The van der Waals surface area contributed by atoms with E-state index in [-0.39, 0.29) is 6.42 Å². The largest absolute Gasteiger partial charge is 0.450 e. The molecule has 0 aromatic heterocycles. The van der Waals surface area contributed by atoms with Gasteiger partial charge in [0.1, 0.15) is 5.82 Å². The fourth-order valence-corrected chi connectivity index (χ4v) is 3.01. The molecule has 0 saturated carbocycles. The minimum atomic E-state index is -1.10. The van der Waals surface area contributed by atoms with Gasteiger partial charge in [0.15, 0.2) is 12.1 Å². The van der Waals surface area contributed by atoms with Crippen molar-refractivity contribution in [1.29, 1.82) is 0 Å². The molecule has 164 valence electrons. The lowest BCUT2D eigenvalue weighted by molar-refractivity contribution is -0.156. The highest BCUT2D eigenvalue weighted by Gasteiger charge is 2.29. The van der Waals surface area contributed by atoms with Crippen molar-refractivity contribution in [2.24, 2.45) is 0 Å². The zero-order chi connectivity index (χ0) is 22.9. The van der Waals surface area contributed by atoms with E-state index in [4.69, 9.17) is 4.74 Å². The van der Waals surface area contributed by atoms with Crippen molar-refractivity contribution in [2.75, 3.05) is 5.32 Å². The van der Waals surface area contributed by atoms with Crippen LogP contribution in [0.3, 0.4) is 0 Å². The number of benzene rings is 3. The number of hydrogen-bond acceptors (Lipinski definition) is 4. The number of nitrogens with one attached hydrogen (secondary N) is 2. The molecule has 0 saturated heterocycles. The Hall–Kier alpha value is -4.00. The molecule has 3 aromatic carbocycles. The van der Waals surface area contributed by atoms with E-state index in [0.29, 0.717) is 16.8 Å². The Balaban J connectivity index is 1.75. The summed E-state index contributed by atoms with van der Waals surface area (Å²) in [7, 11) is 0. The lowest BCUT2D eigenvalue weighted by atomic mass is 10.1. The van der Waals surface area contributed by atoms with Crippen molar-refractivity contribution < 1.29 is 23.5 Å². The predicted molar refractivity (Wildman–Crippen MR) is 118 cm³/mol. The topological polar surface area (TPSA) is 84.5 Å². The van der Waals surface area contributed by atoms with Gasteiger partial charge >= 0.3 is 5.97 Å². The number of rotatable bonds is 8. The lowest BCUT2D eigenvalue weighted by Gasteiger charge is -2.22. The molecule has 2 amide bonds. The highest BCUT2D eigenvalue weighted by molar-refractivity contribution is 5.98. The number of carbonyl (C=O) groups excluding carboxylic acids is 3. The Morgan fingerprint density at radius 1 is 0.875 bits per heavy atom. The first-order valence-electron chi connectivity index (χ1n) is 10.2. The Morgan fingerprint density at radius 2 is 1.47 bits per heavy atom. The quantitative estimate of drug-likeness (QED) is 0.519. The van der Waals surface area contributed by atoms with Crippen molar-refractivity contribution in [3.05, 3.63) is 102 Å². The second kappa shape index (κ2) is 10.9. The van der Waals surface area contributed by atoms with Crippen LogP contribution >= 0.6 is 0 Å². The molecule has 32 heavy (non-hydrogen) atoms. The summed E-state index contributed by atoms with van der Waals surface area (Å²) in [6.45, 7) is 1.70. The third-order valence-electron chi connectivity index (χ3n) is 4.71. The maximum absolute atomic E-state index is 13.1. The van der Waals surface area contributed by atoms with Crippen molar-refractivity contribution in [2.45, 2.75) is 25.5 Å². The molecule has 0 heterocycles. The average molecular weight is 434 g/mol. The van der Waals surface area contributed by atoms with E-state index >= 15 is 0 Å². The third kappa shape index (κ3) is 6.01. The van der Waals surface area contributed by atoms with Crippen LogP contribution < -0.4 is 10.6 Å². The molecule has 0 aliphatic heterocycles. The molecule has 6 nitrogen and oxygen atoms in total. The van der Waals surface area contributed by atoms with Crippen LogP contribution in [0, 0.1) is 5.82 Å². The van der Waals surface area contributed by atoms with Gasteiger partial charge in [-0.1, -0.05) is 55.5 Å². The first-order chi connectivity index (χ1) is 15.5. The van der Waals surface area contributed by atoms with Gasteiger partial charge in [-0.05, 0) is 48.4 Å². The number of halogens is 1. The maximum atomic E-state index is 13.1. The number of ether oxygens (including phenoxy) is 1. The summed E-state index contributed by atoms with van der Waals surface area (Å²) in [5, 5.41) is 5.29. The Kier molecular flexibility index (Phi) is 7.70.